The minimum absolute atomic E-state index is 0.0321. The molecule has 2 fully saturated rings. The van der Waals surface area contributed by atoms with Gasteiger partial charge in [-0.25, -0.2) is 0 Å². The molecule has 5 nitrogen and oxygen atoms in total. The van der Waals surface area contributed by atoms with Gasteiger partial charge in [0.1, 0.15) is 17.5 Å². The molecular formula is C28H35NO4. The number of Topliss-reactive ketones (excluding diaryl/α,β-unsaturated/α-hetero) is 3. The summed E-state index contributed by atoms with van der Waals surface area (Å²) in [5.74, 6) is 4.35. The predicted molar refractivity (Wildman–Crippen MR) is 128 cm³/mol. The summed E-state index contributed by atoms with van der Waals surface area (Å²) in [5.41, 5.74) is 2.92. The van der Waals surface area contributed by atoms with Crippen molar-refractivity contribution in [2.24, 2.45) is 10.8 Å². The molecule has 2 aliphatic rings. The van der Waals surface area contributed by atoms with Crippen LogP contribution in [0.4, 0.5) is 0 Å². The highest BCUT2D eigenvalue weighted by Gasteiger charge is 2.48. The normalized spacial score (nSPS) is 18.8. The summed E-state index contributed by atoms with van der Waals surface area (Å²) in [4.78, 5) is 53.1. The van der Waals surface area contributed by atoms with Crippen LogP contribution in [0.25, 0.3) is 0 Å². The average molecular weight is 450 g/mol. The van der Waals surface area contributed by atoms with Gasteiger partial charge in [-0.2, -0.15) is 0 Å². The maximum Gasteiger partial charge on any atom is 0.289 e. The van der Waals surface area contributed by atoms with E-state index in [0.29, 0.717) is 38.8 Å². The Morgan fingerprint density at radius 3 is 2.00 bits per heavy atom. The van der Waals surface area contributed by atoms with E-state index in [9.17, 15) is 19.2 Å². The fraction of sp³-hybridized carbons (Fsp3) is 0.571. The van der Waals surface area contributed by atoms with Gasteiger partial charge in [0.25, 0.3) is 5.91 Å². The molecule has 1 aliphatic carbocycles. The summed E-state index contributed by atoms with van der Waals surface area (Å²) in [6.07, 6.45) is 2.06. The molecule has 1 spiro atoms. The van der Waals surface area contributed by atoms with Crippen molar-refractivity contribution in [2.75, 3.05) is 13.1 Å². The number of nitrogens with zero attached hydrogens (tertiary/aromatic N) is 1. The Balaban J connectivity index is 1.72. The third-order valence-electron chi connectivity index (χ3n) is 6.93. The lowest BCUT2D eigenvalue weighted by molar-refractivity contribution is -0.148. The molecule has 1 saturated carbocycles. The molecule has 5 heteroatoms. The van der Waals surface area contributed by atoms with Crippen molar-refractivity contribution in [3.63, 3.8) is 0 Å². The van der Waals surface area contributed by atoms with Crippen molar-refractivity contribution >= 4 is 23.3 Å². The largest absolute Gasteiger partial charge is 0.336 e. The number of amides is 1. The Morgan fingerprint density at radius 2 is 1.55 bits per heavy atom. The highest BCUT2D eigenvalue weighted by Crippen LogP contribution is 2.46. The van der Waals surface area contributed by atoms with Crippen molar-refractivity contribution in [1.29, 1.82) is 0 Å². The van der Waals surface area contributed by atoms with Crippen LogP contribution in [0.3, 0.4) is 0 Å². The van der Waals surface area contributed by atoms with Crippen molar-refractivity contribution in [2.45, 2.75) is 79.6 Å². The monoisotopic (exact) mass is 449 g/mol. The molecule has 1 aromatic carbocycles. The number of carbonyl (C=O) groups is 4. The highest BCUT2D eigenvalue weighted by atomic mass is 16.2. The number of benzene rings is 1. The van der Waals surface area contributed by atoms with Gasteiger partial charge >= 0.3 is 0 Å². The van der Waals surface area contributed by atoms with Crippen LogP contribution in [-0.4, -0.2) is 41.2 Å². The Bertz CT molecular complexity index is 1010. The fourth-order valence-electron chi connectivity index (χ4n) is 5.43. The zero-order valence-electron chi connectivity index (χ0n) is 20.8. The van der Waals surface area contributed by atoms with Crippen LogP contribution in [0.15, 0.2) is 12.1 Å². The molecule has 1 saturated heterocycles. The Kier molecular flexibility index (Phi) is 6.98. The first-order valence-electron chi connectivity index (χ1n) is 11.8. The summed E-state index contributed by atoms with van der Waals surface area (Å²) < 4.78 is 0. The van der Waals surface area contributed by atoms with Crippen LogP contribution in [0.2, 0.25) is 0 Å². The summed E-state index contributed by atoms with van der Waals surface area (Å²) >= 11 is 0. The maximum atomic E-state index is 13.3. The first kappa shape index (κ1) is 24.9. The topological polar surface area (TPSA) is 71.5 Å². The molecule has 0 N–H and O–H groups in total. The Hall–Kier alpha value is -2.74. The van der Waals surface area contributed by atoms with Crippen LogP contribution in [0.1, 0.15) is 88.0 Å². The average Bonchev–Trinajstić information content (AvgIpc) is 2.68. The van der Waals surface area contributed by atoms with Gasteiger partial charge in [-0.15, -0.1) is 5.92 Å². The van der Waals surface area contributed by atoms with Crippen LogP contribution < -0.4 is 0 Å². The predicted octanol–water partition coefficient (Wildman–Crippen LogP) is 4.30. The van der Waals surface area contributed by atoms with Gasteiger partial charge in [0.05, 0.1) is 0 Å². The van der Waals surface area contributed by atoms with E-state index in [1.165, 1.54) is 0 Å². The maximum absolute atomic E-state index is 13.3. The fourth-order valence-corrected chi connectivity index (χ4v) is 5.43. The molecule has 0 aromatic heterocycles. The number of likely N-dealkylation sites (tertiary alicyclic amines) is 1. The van der Waals surface area contributed by atoms with E-state index in [2.05, 4.69) is 11.8 Å². The first-order valence-corrected chi connectivity index (χ1v) is 11.8. The molecule has 3 rings (SSSR count). The van der Waals surface area contributed by atoms with E-state index in [1.54, 1.807) is 11.8 Å². The van der Waals surface area contributed by atoms with E-state index in [-0.39, 0.29) is 29.2 Å². The zero-order chi connectivity index (χ0) is 24.6. The lowest BCUT2D eigenvalue weighted by Gasteiger charge is -2.44. The lowest BCUT2D eigenvalue weighted by Crippen LogP contribution is -2.50. The molecule has 1 heterocycles. The van der Waals surface area contributed by atoms with Crippen LogP contribution in [-0.2, 0) is 19.2 Å². The summed E-state index contributed by atoms with van der Waals surface area (Å²) in [6, 6.07) is 3.89. The minimum Gasteiger partial charge on any atom is -0.336 e. The van der Waals surface area contributed by atoms with E-state index in [1.807, 2.05) is 46.8 Å². The molecule has 1 aromatic rings. The van der Waals surface area contributed by atoms with Gasteiger partial charge in [0, 0.05) is 37.9 Å². The SMILES string of the molecule is CC#Cc1cc(C)c(C2C(=O)CC3(CCN(C(=O)C(=O)CC(C)(C)C)CC3)CC2=O)c(C)c1. The number of aryl methyl sites for hydroxylation is 2. The van der Waals surface area contributed by atoms with E-state index in [4.69, 9.17) is 0 Å². The van der Waals surface area contributed by atoms with Gasteiger partial charge in [-0.05, 0) is 73.3 Å². The minimum atomic E-state index is -0.715. The number of rotatable bonds is 3. The van der Waals surface area contributed by atoms with Gasteiger partial charge in [0.2, 0.25) is 5.78 Å². The lowest BCUT2D eigenvalue weighted by atomic mass is 9.62. The van der Waals surface area contributed by atoms with Crippen molar-refractivity contribution in [1.82, 2.24) is 4.90 Å². The summed E-state index contributed by atoms with van der Waals surface area (Å²) in [5, 5.41) is 0. The molecule has 33 heavy (non-hydrogen) atoms. The molecule has 1 aliphatic heterocycles. The number of ketones is 3. The van der Waals surface area contributed by atoms with Crippen molar-refractivity contribution in [3.8, 4) is 11.8 Å². The first-order chi connectivity index (χ1) is 15.4. The molecule has 0 radical (unpaired) electrons. The molecular weight excluding hydrogens is 414 g/mol. The summed E-state index contributed by atoms with van der Waals surface area (Å²) in [6.45, 7) is 12.3. The number of hydrogen-bond donors (Lipinski definition) is 0. The second kappa shape index (κ2) is 9.25. The third kappa shape index (κ3) is 5.43. The molecule has 1 amide bonds. The molecule has 0 atom stereocenters. The second-order valence-electron chi connectivity index (χ2n) is 11.1. The Labute approximate surface area is 197 Å². The molecule has 0 unspecified atom stereocenters. The smallest absolute Gasteiger partial charge is 0.289 e. The van der Waals surface area contributed by atoms with Gasteiger partial charge in [-0.1, -0.05) is 26.7 Å². The number of piperidine rings is 1. The Morgan fingerprint density at radius 1 is 1.03 bits per heavy atom. The second-order valence-corrected chi connectivity index (χ2v) is 11.1. The van der Waals surface area contributed by atoms with Gasteiger partial charge < -0.3 is 4.90 Å². The molecule has 176 valence electrons. The highest BCUT2D eigenvalue weighted by molar-refractivity contribution is 6.36. The van der Waals surface area contributed by atoms with E-state index >= 15 is 0 Å². The van der Waals surface area contributed by atoms with Crippen LogP contribution >= 0.6 is 0 Å². The molecule has 0 bridgehead atoms. The number of carbonyl (C=O) groups excluding carboxylic acids is 4. The van der Waals surface area contributed by atoms with E-state index in [0.717, 1.165) is 22.3 Å². The van der Waals surface area contributed by atoms with Gasteiger partial charge in [0.15, 0.2) is 0 Å². The van der Waals surface area contributed by atoms with Crippen molar-refractivity contribution in [3.05, 3.63) is 34.4 Å². The summed E-state index contributed by atoms with van der Waals surface area (Å²) in [7, 11) is 0. The van der Waals surface area contributed by atoms with E-state index < -0.39 is 17.2 Å². The van der Waals surface area contributed by atoms with Crippen LogP contribution in [0, 0.1) is 36.5 Å². The third-order valence-corrected chi connectivity index (χ3v) is 6.93. The number of hydrogen-bond acceptors (Lipinski definition) is 4. The van der Waals surface area contributed by atoms with Crippen molar-refractivity contribution < 1.29 is 19.2 Å². The van der Waals surface area contributed by atoms with Gasteiger partial charge in [-0.3, -0.25) is 19.2 Å². The van der Waals surface area contributed by atoms with Crippen LogP contribution in [0.5, 0.6) is 0 Å². The zero-order valence-corrected chi connectivity index (χ0v) is 20.8. The standard InChI is InChI=1S/C28H35NO4/c1-7-8-20-13-18(2)24(19(3)14-20)25-21(30)16-28(17-22(25)31)9-11-29(12-10-28)26(33)23(32)15-27(4,5)6/h13-14,25H,9-12,15-17H2,1-6H3. The quantitative estimate of drug-likeness (QED) is 0.392.